The number of nitrogens with two attached hydrogens (primary N) is 1. The lowest BCUT2D eigenvalue weighted by atomic mass is 9.78. The lowest BCUT2D eigenvalue weighted by molar-refractivity contribution is 0.372. The van der Waals surface area contributed by atoms with E-state index in [1.54, 1.807) is 7.11 Å². The fourth-order valence-electron chi connectivity index (χ4n) is 2.32. The van der Waals surface area contributed by atoms with Crippen LogP contribution in [0, 0.1) is 5.41 Å². The van der Waals surface area contributed by atoms with Crippen LogP contribution in [0.5, 0.6) is 5.75 Å². The Bertz CT molecular complexity index is 484. The van der Waals surface area contributed by atoms with E-state index in [1.165, 1.54) is 0 Å². The van der Waals surface area contributed by atoms with Gasteiger partial charge < -0.3 is 10.5 Å². The molecule has 1 aromatic carbocycles. The predicted octanol–water partition coefficient (Wildman–Crippen LogP) is 3.43. The summed E-state index contributed by atoms with van der Waals surface area (Å²) in [6.45, 7) is 4.44. The second-order valence-corrected chi connectivity index (χ2v) is 5.54. The minimum Gasteiger partial charge on any atom is -0.497 e. The van der Waals surface area contributed by atoms with Crippen molar-refractivity contribution in [3.05, 3.63) is 36.0 Å². The van der Waals surface area contributed by atoms with Gasteiger partial charge in [0.1, 0.15) is 5.75 Å². The largest absolute Gasteiger partial charge is 0.497 e. The molecular formula is C15H20N2O. The molecule has 0 heterocycles. The highest BCUT2D eigenvalue weighted by Gasteiger charge is 2.25. The van der Waals surface area contributed by atoms with Crippen LogP contribution < -0.4 is 10.5 Å². The molecule has 96 valence electrons. The van der Waals surface area contributed by atoms with Crippen molar-refractivity contribution in [2.45, 2.75) is 26.7 Å². The molecule has 1 aliphatic rings. The number of nitrogens with zero attached hydrogens (tertiary/aromatic N) is 1. The molecule has 1 aliphatic carbocycles. The molecule has 0 radical (unpaired) electrons. The second-order valence-electron chi connectivity index (χ2n) is 5.54. The Kier molecular flexibility index (Phi) is 3.41. The third kappa shape index (κ3) is 3.13. The Hall–Kier alpha value is -1.77. The number of aliphatic imine (C=N–C) groups is 1. The van der Waals surface area contributed by atoms with Crippen molar-refractivity contribution in [3.63, 3.8) is 0 Å². The molecule has 2 rings (SSSR count). The van der Waals surface area contributed by atoms with E-state index in [4.69, 9.17) is 10.5 Å². The highest BCUT2D eigenvalue weighted by molar-refractivity contribution is 5.98. The quantitative estimate of drug-likeness (QED) is 0.866. The zero-order valence-electron chi connectivity index (χ0n) is 11.2. The van der Waals surface area contributed by atoms with E-state index in [1.807, 2.05) is 30.3 Å². The van der Waals surface area contributed by atoms with Crippen molar-refractivity contribution in [2.24, 2.45) is 16.1 Å². The summed E-state index contributed by atoms with van der Waals surface area (Å²) in [6.07, 6.45) is 3.89. The molecule has 0 amide bonds. The molecule has 0 aromatic heterocycles. The fourth-order valence-corrected chi connectivity index (χ4v) is 2.32. The standard InChI is InChI=1S/C15H20N2O/c1-15(2)9-11(16)8-13(10-15)17-12-4-6-14(18-3)7-5-12/h4-8H,9-10,16H2,1-3H3. The molecule has 0 fully saturated rings. The maximum atomic E-state index is 5.96. The summed E-state index contributed by atoms with van der Waals surface area (Å²) in [7, 11) is 1.66. The lowest BCUT2D eigenvalue weighted by Crippen LogP contribution is -2.24. The number of allylic oxidation sites excluding steroid dienone is 2. The molecular weight excluding hydrogens is 224 g/mol. The average Bonchev–Trinajstić information content (AvgIpc) is 2.27. The molecule has 0 spiro atoms. The minimum absolute atomic E-state index is 0.199. The molecule has 0 bridgehead atoms. The van der Waals surface area contributed by atoms with E-state index in [0.29, 0.717) is 0 Å². The summed E-state index contributed by atoms with van der Waals surface area (Å²) in [5.74, 6) is 0.845. The van der Waals surface area contributed by atoms with Crippen LogP contribution in [0.25, 0.3) is 0 Å². The SMILES string of the molecule is COc1ccc(N=C2C=C(N)CC(C)(C)C2)cc1. The van der Waals surface area contributed by atoms with Gasteiger partial charge in [-0.25, -0.2) is 0 Å². The van der Waals surface area contributed by atoms with Gasteiger partial charge in [0.2, 0.25) is 0 Å². The van der Waals surface area contributed by atoms with Crippen molar-refractivity contribution in [1.82, 2.24) is 0 Å². The van der Waals surface area contributed by atoms with Crippen LogP contribution in [-0.2, 0) is 0 Å². The van der Waals surface area contributed by atoms with Crippen LogP contribution in [0.15, 0.2) is 41.0 Å². The summed E-state index contributed by atoms with van der Waals surface area (Å²) in [6, 6.07) is 7.75. The van der Waals surface area contributed by atoms with Crippen LogP contribution in [0.1, 0.15) is 26.7 Å². The molecule has 0 atom stereocenters. The van der Waals surface area contributed by atoms with Crippen LogP contribution in [0.2, 0.25) is 0 Å². The van der Waals surface area contributed by atoms with E-state index >= 15 is 0 Å². The fraction of sp³-hybridized carbons (Fsp3) is 0.400. The van der Waals surface area contributed by atoms with E-state index in [-0.39, 0.29) is 5.41 Å². The first kappa shape index (κ1) is 12.7. The van der Waals surface area contributed by atoms with Gasteiger partial charge in [0, 0.05) is 11.4 Å². The van der Waals surface area contributed by atoms with Crippen molar-refractivity contribution >= 4 is 11.4 Å². The zero-order chi connectivity index (χ0) is 13.2. The molecule has 1 aromatic rings. The zero-order valence-corrected chi connectivity index (χ0v) is 11.2. The predicted molar refractivity (Wildman–Crippen MR) is 75.4 cm³/mol. The molecule has 3 nitrogen and oxygen atoms in total. The van der Waals surface area contributed by atoms with Gasteiger partial charge >= 0.3 is 0 Å². The number of ether oxygens (including phenoxy) is 1. The molecule has 0 saturated heterocycles. The van der Waals surface area contributed by atoms with Crippen LogP contribution >= 0.6 is 0 Å². The first-order valence-corrected chi connectivity index (χ1v) is 6.16. The molecule has 0 saturated carbocycles. The number of hydrogen-bond donors (Lipinski definition) is 1. The van der Waals surface area contributed by atoms with E-state index < -0.39 is 0 Å². The summed E-state index contributed by atoms with van der Waals surface area (Å²) >= 11 is 0. The van der Waals surface area contributed by atoms with Crippen molar-refractivity contribution < 1.29 is 4.74 Å². The topological polar surface area (TPSA) is 47.6 Å². The Balaban J connectivity index is 2.24. The molecule has 0 unspecified atom stereocenters. The van der Waals surface area contributed by atoms with Crippen LogP contribution in [-0.4, -0.2) is 12.8 Å². The minimum atomic E-state index is 0.199. The molecule has 0 aliphatic heterocycles. The Labute approximate surface area is 108 Å². The second kappa shape index (κ2) is 4.84. The van der Waals surface area contributed by atoms with Gasteiger partial charge in [-0.1, -0.05) is 13.8 Å². The first-order chi connectivity index (χ1) is 8.48. The summed E-state index contributed by atoms with van der Waals surface area (Å²) in [4.78, 5) is 4.64. The van der Waals surface area contributed by atoms with Gasteiger partial charge in [0.05, 0.1) is 12.8 Å². The summed E-state index contributed by atoms with van der Waals surface area (Å²) < 4.78 is 5.13. The van der Waals surface area contributed by atoms with E-state index in [0.717, 1.165) is 35.7 Å². The maximum Gasteiger partial charge on any atom is 0.119 e. The van der Waals surface area contributed by atoms with Crippen LogP contribution in [0.3, 0.4) is 0 Å². The monoisotopic (exact) mass is 244 g/mol. The lowest BCUT2D eigenvalue weighted by Gasteiger charge is -2.28. The number of hydrogen-bond acceptors (Lipinski definition) is 3. The molecule has 3 heteroatoms. The average molecular weight is 244 g/mol. The number of methoxy groups -OCH3 is 1. The Morgan fingerprint density at radius 2 is 1.83 bits per heavy atom. The summed E-state index contributed by atoms with van der Waals surface area (Å²) in [5.41, 5.74) is 9.06. The number of benzene rings is 1. The Morgan fingerprint density at radius 1 is 1.17 bits per heavy atom. The van der Waals surface area contributed by atoms with E-state index in [2.05, 4.69) is 18.8 Å². The molecule has 18 heavy (non-hydrogen) atoms. The van der Waals surface area contributed by atoms with Crippen molar-refractivity contribution in [2.75, 3.05) is 7.11 Å². The van der Waals surface area contributed by atoms with Gasteiger partial charge in [0.15, 0.2) is 0 Å². The normalized spacial score (nSPS) is 20.6. The maximum absolute atomic E-state index is 5.96. The van der Waals surface area contributed by atoms with E-state index in [9.17, 15) is 0 Å². The Morgan fingerprint density at radius 3 is 2.39 bits per heavy atom. The smallest absolute Gasteiger partial charge is 0.119 e. The number of rotatable bonds is 2. The van der Waals surface area contributed by atoms with Gasteiger partial charge in [-0.3, -0.25) is 4.99 Å². The van der Waals surface area contributed by atoms with Gasteiger partial charge in [-0.2, -0.15) is 0 Å². The van der Waals surface area contributed by atoms with Crippen molar-refractivity contribution in [1.29, 1.82) is 0 Å². The van der Waals surface area contributed by atoms with Gasteiger partial charge in [0.25, 0.3) is 0 Å². The molecule has 2 N–H and O–H groups in total. The highest BCUT2D eigenvalue weighted by atomic mass is 16.5. The van der Waals surface area contributed by atoms with Gasteiger partial charge in [-0.15, -0.1) is 0 Å². The third-order valence-corrected chi connectivity index (χ3v) is 3.04. The third-order valence-electron chi connectivity index (χ3n) is 3.04. The highest BCUT2D eigenvalue weighted by Crippen LogP contribution is 2.33. The van der Waals surface area contributed by atoms with Crippen molar-refractivity contribution in [3.8, 4) is 5.75 Å². The first-order valence-electron chi connectivity index (χ1n) is 6.16. The van der Waals surface area contributed by atoms with Crippen LogP contribution in [0.4, 0.5) is 5.69 Å². The van der Waals surface area contributed by atoms with Gasteiger partial charge in [-0.05, 0) is 48.6 Å². The summed E-state index contributed by atoms with van der Waals surface area (Å²) in [5, 5.41) is 0.